The summed E-state index contributed by atoms with van der Waals surface area (Å²) in [6.45, 7) is 0.616. The van der Waals surface area contributed by atoms with Gasteiger partial charge in [-0.25, -0.2) is 5.48 Å². The SMILES string of the molecule is O=C(CCCCCCCN1C(=O)c2ccccc2Oc2ccccc21)NO. The molecule has 27 heavy (non-hydrogen) atoms. The fourth-order valence-corrected chi connectivity index (χ4v) is 3.24. The number of hydrogen-bond acceptors (Lipinski definition) is 4. The largest absolute Gasteiger partial charge is 0.454 e. The van der Waals surface area contributed by atoms with Crippen molar-refractivity contribution in [2.45, 2.75) is 38.5 Å². The lowest BCUT2D eigenvalue weighted by Crippen LogP contribution is -2.31. The quantitative estimate of drug-likeness (QED) is 0.414. The Morgan fingerprint density at radius 1 is 0.926 bits per heavy atom. The molecule has 142 valence electrons. The molecule has 0 spiro atoms. The average molecular weight is 368 g/mol. The molecule has 0 fully saturated rings. The molecule has 2 aromatic rings. The first-order valence-corrected chi connectivity index (χ1v) is 9.31. The number of amides is 2. The number of carbonyl (C=O) groups is 2. The lowest BCUT2D eigenvalue weighted by molar-refractivity contribution is -0.129. The molecule has 0 unspecified atom stereocenters. The molecule has 0 saturated carbocycles. The molecule has 1 heterocycles. The van der Waals surface area contributed by atoms with Crippen LogP contribution in [0.25, 0.3) is 0 Å². The van der Waals surface area contributed by atoms with Crippen LogP contribution in [-0.2, 0) is 4.79 Å². The van der Waals surface area contributed by atoms with Gasteiger partial charge < -0.3 is 9.64 Å². The molecule has 6 nitrogen and oxygen atoms in total. The fourth-order valence-electron chi connectivity index (χ4n) is 3.24. The smallest absolute Gasteiger partial charge is 0.262 e. The van der Waals surface area contributed by atoms with Crippen LogP contribution in [0.5, 0.6) is 11.5 Å². The Kier molecular flexibility index (Phi) is 6.44. The number of rotatable bonds is 8. The summed E-state index contributed by atoms with van der Waals surface area (Å²) in [5.41, 5.74) is 3.01. The summed E-state index contributed by atoms with van der Waals surface area (Å²) in [5, 5.41) is 8.47. The van der Waals surface area contributed by atoms with Crippen LogP contribution in [-0.4, -0.2) is 23.6 Å². The highest BCUT2D eigenvalue weighted by Crippen LogP contribution is 2.38. The van der Waals surface area contributed by atoms with E-state index < -0.39 is 0 Å². The summed E-state index contributed by atoms with van der Waals surface area (Å²) in [7, 11) is 0. The van der Waals surface area contributed by atoms with E-state index >= 15 is 0 Å². The van der Waals surface area contributed by atoms with Crippen molar-refractivity contribution in [3.05, 3.63) is 54.1 Å². The van der Waals surface area contributed by atoms with Gasteiger partial charge in [0.05, 0.1) is 11.3 Å². The van der Waals surface area contributed by atoms with Gasteiger partial charge in [-0.1, -0.05) is 43.5 Å². The van der Waals surface area contributed by atoms with Crippen molar-refractivity contribution in [2.75, 3.05) is 11.4 Å². The highest BCUT2D eigenvalue weighted by molar-refractivity contribution is 6.09. The second-order valence-corrected chi connectivity index (χ2v) is 6.58. The fraction of sp³-hybridized carbons (Fsp3) is 0.333. The minimum Gasteiger partial charge on any atom is -0.454 e. The number of unbranched alkanes of at least 4 members (excludes halogenated alkanes) is 4. The van der Waals surface area contributed by atoms with E-state index in [9.17, 15) is 9.59 Å². The first-order valence-electron chi connectivity index (χ1n) is 9.31. The Labute approximate surface area is 158 Å². The molecule has 2 amide bonds. The molecule has 2 N–H and O–H groups in total. The van der Waals surface area contributed by atoms with E-state index in [0.29, 0.717) is 30.0 Å². The summed E-state index contributed by atoms with van der Waals surface area (Å²) < 4.78 is 5.97. The number of ether oxygens (including phenoxy) is 1. The number of benzene rings is 2. The van der Waals surface area contributed by atoms with Gasteiger partial charge in [-0.2, -0.15) is 0 Å². The van der Waals surface area contributed by atoms with Crippen molar-refractivity contribution < 1.29 is 19.5 Å². The zero-order valence-electron chi connectivity index (χ0n) is 15.2. The predicted octanol–water partition coefficient (Wildman–Crippen LogP) is 4.29. The van der Waals surface area contributed by atoms with Crippen molar-refractivity contribution in [3.8, 4) is 11.5 Å². The van der Waals surface area contributed by atoms with Gasteiger partial charge in [-0.3, -0.25) is 14.8 Å². The van der Waals surface area contributed by atoms with Gasteiger partial charge in [-0.15, -0.1) is 0 Å². The average Bonchev–Trinajstić information content (AvgIpc) is 2.81. The summed E-state index contributed by atoms with van der Waals surface area (Å²) in [6.07, 6.45) is 4.82. The number of carbonyl (C=O) groups excluding carboxylic acids is 2. The third-order valence-corrected chi connectivity index (χ3v) is 4.65. The van der Waals surface area contributed by atoms with E-state index in [1.807, 2.05) is 42.5 Å². The summed E-state index contributed by atoms with van der Waals surface area (Å²) in [4.78, 5) is 25.8. The highest BCUT2D eigenvalue weighted by Gasteiger charge is 2.27. The molecular formula is C21H24N2O4. The molecule has 2 aromatic carbocycles. The van der Waals surface area contributed by atoms with Gasteiger partial charge in [0.15, 0.2) is 5.75 Å². The number of para-hydroxylation sites is 3. The Bertz CT molecular complexity index is 806. The van der Waals surface area contributed by atoms with E-state index in [-0.39, 0.29) is 11.8 Å². The first-order chi connectivity index (χ1) is 13.2. The van der Waals surface area contributed by atoms with Gasteiger partial charge in [0.2, 0.25) is 5.91 Å². The van der Waals surface area contributed by atoms with Crippen LogP contribution in [0.4, 0.5) is 5.69 Å². The number of anilines is 1. The third kappa shape index (κ3) is 4.65. The number of nitrogens with one attached hydrogen (secondary N) is 1. The van der Waals surface area contributed by atoms with E-state index in [2.05, 4.69) is 0 Å². The van der Waals surface area contributed by atoms with Crippen LogP contribution < -0.4 is 15.1 Å². The Hall–Kier alpha value is -2.86. The summed E-state index contributed by atoms with van der Waals surface area (Å²) >= 11 is 0. The molecule has 6 heteroatoms. The Morgan fingerprint density at radius 3 is 2.41 bits per heavy atom. The maximum atomic E-state index is 13.1. The monoisotopic (exact) mass is 368 g/mol. The lowest BCUT2D eigenvalue weighted by atomic mass is 10.1. The molecule has 1 aliphatic rings. The van der Waals surface area contributed by atoms with Crippen molar-refractivity contribution >= 4 is 17.5 Å². The number of fused-ring (bicyclic) bond motifs is 2. The maximum absolute atomic E-state index is 13.1. The zero-order chi connectivity index (χ0) is 19.1. The molecule has 0 atom stereocenters. The molecule has 1 aliphatic heterocycles. The van der Waals surface area contributed by atoms with Crippen molar-refractivity contribution in [1.82, 2.24) is 5.48 Å². The van der Waals surface area contributed by atoms with Crippen molar-refractivity contribution in [3.63, 3.8) is 0 Å². The van der Waals surface area contributed by atoms with Gasteiger partial charge in [0.25, 0.3) is 5.91 Å². The predicted molar refractivity (Wildman–Crippen MR) is 102 cm³/mol. The molecule has 0 saturated heterocycles. The third-order valence-electron chi connectivity index (χ3n) is 4.65. The van der Waals surface area contributed by atoms with Crippen LogP contribution in [0.2, 0.25) is 0 Å². The van der Waals surface area contributed by atoms with Crippen LogP contribution in [0.1, 0.15) is 48.9 Å². The standard InChI is InChI=1S/C21H24N2O4/c24-20(22-26)14-4-2-1-3-9-15-23-17-11-6-8-13-19(17)27-18-12-7-5-10-16(18)21(23)25/h5-8,10-13,26H,1-4,9,14-15H2,(H,22,24). The summed E-state index contributed by atoms with van der Waals surface area (Å²) in [6, 6.07) is 14.9. The number of nitrogens with zero attached hydrogens (tertiary/aromatic N) is 1. The molecular weight excluding hydrogens is 344 g/mol. The van der Waals surface area contributed by atoms with Crippen LogP contribution in [0.15, 0.2) is 48.5 Å². The Balaban J connectivity index is 1.60. The van der Waals surface area contributed by atoms with E-state index in [1.165, 1.54) is 0 Å². The minimum absolute atomic E-state index is 0.0461. The number of hydroxylamine groups is 1. The van der Waals surface area contributed by atoms with Crippen LogP contribution >= 0.6 is 0 Å². The van der Waals surface area contributed by atoms with Crippen molar-refractivity contribution in [2.24, 2.45) is 0 Å². The number of hydrogen-bond donors (Lipinski definition) is 2. The molecule has 0 aliphatic carbocycles. The highest BCUT2D eigenvalue weighted by atomic mass is 16.5. The van der Waals surface area contributed by atoms with Crippen LogP contribution in [0.3, 0.4) is 0 Å². The van der Waals surface area contributed by atoms with Crippen LogP contribution in [0, 0.1) is 0 Å². The van der Waals surface area contributed by atoms with E-state index in [1.54, 1.807) is 16.4 Å². The molecule has 0 bridgehead atoms. The molecule has 3 rings (SSSR count). The minimum atomic E-state index is -0.347. The van der Waals surface area contributed by atoms with Crippen molar-refractivity contribution in [1.29, 1.82) is 0 Å². The second kappa shape index (κ2) is 9.19. The van der Waals surface area contributed by atoms with Gasteiger partial charge >= 0.3 is 0 Å². The van der Waals surface area contributed by atoms with Gasteiger partial charge in [0, 0.05) is 13.0 Å². The van der Waals surface area contributed by atoms with E-state index in [0.717, 1.165) is 37.8 Å². The normalized spacial score (nSPS) is 12.6. The zero-order valence-corrected chi connectivity index (χ0v) is 15.2. The maximum Gasteiger partial charge on any atom is 0.262 e. The van der Waals surface area contributed by atoms with E-state index in [4.69, 9.17) is 9.94 Å². The first kappa shape index (κ1) is 18.9. The lowest BCUT2D eigenvalue weighted by Gasteiger charge is -2.22. The topological polar surface area (TPSA) is 78.9 Å². The van der Waals surface area contributed by atoms with Gasteiger partial charge in [0.1, 0.15) is 5.75 Å². The second-order valence-electron chi connectivity index (χ2n) is 6.58. The van der Waals surface area contributed by atoms with Gasteiger partial charge in [-0.05, 0) is 37.1 Å². The molecule has 0 aromatic heterocycles. The summed E-state index contributed by atoms with van der Waals surface area (Å²) in [5.74, 6) is 0.876. The molecule has 0 radical (unpaired) electrons. The Morgan fingerprint density at radius 2 is 1.59 bits per heavy atom.